The molecule has 1 saturated heterocycles. The second-order valence-electron chi connectivity index (χ2n) is 7.11. The predicted molar refractivity (Wildman–Crippen MR) is 104 cm³/mol. The average Bonchev–Trinajstić information content (AvgIpc) is 3.23. The molecule has 2 amide bonds. The van der Waals surface area contributed by atoms with Gasteiger partial charge in [-0.1, -0.05) is 17.3 Å². The lowest BCUT2D eigenvalue weighted by Gasteiger charge is -2.32. The zero-order valence-electron chi connectivity index (χ0n) is 16.1. The number of piperidine rings is 1. The van der Waals surface area contributed by atoms with Gasteiger partial charge < -0.3 is 14.7 Å². The van der Waals surface area contributed by atoms with E-state index in [1.165, 1.54) is 12.1 Å². The van der Waals surface area contributed by atoms with Crippen LogP contribution in [0.1, 0.15) is 24.3 Å². The summed E-state index contributed by atoms with van der Waals surface area (Å²) >= 11 is 0. The summed E-state index contributed by atoms with van der Waals surface area (Å²) in [6.07, 6.45) is 4.02. The number of pyridine rings is 1. The van der Waals surface area contributed by atoms with Crippen LogP contribution in [0, 0.1) is 11.7 Å². The van der Waals surface area contributed by atoms with Crippen molar-refractivity contribution in [2.45, 2.75) is 25.9 Å². The predicted octanol–water partition coefficient (Wildman–Crippen LogP) is 2.33. The van der Waals surface area contributed by atoms with Gasteiger partial charge in [-0.3, -0.25) is 14.6 Å². The number of nitrogens with zero attached hydrogens (tertiary/aromatic N) is 4. The minimum Gasteiger partial charge on any atom is -0.347 e. The smallest absolute Gasteiger partial charge is 0.246 e. The molecule has 3 aromatic rings. The van der Waals surface area contributed by atoms with Crippen LogP contribution >= 0.6 is 0 Å². The summed E-state index contributed by atoms with van der Waals surface area (Å²) in [4.78, 5) is 34.7. The van der Waals surface area contributed by atoms with E-state index in [-0.39, 0.29) is 55.5 Å². The summed E-state index contributed by atoms with van der Waals surface area (Å²) in [5, 5.41) is 6.68. The first-order valence-corrected chi connectivity index (χ1v) is 9.61. The maximum Gasteiger partial charge on any atom is 0.246 e. The Labute approximate surface area is 172 Å². The van der Waals surface area contributed by atoms with Crippen molar-refractivity contribution in [3.8, 4) is 11.4 Å². The van der Waals surface area contributed by atoms with Crippen molar-refractivity contribution in [1.29, 1.82) is 0 Å². The van der Waals surface area contributed by atoms with E-state index in [1.54, 1.807) is 35.5 Å². The molecule has 8 nitrogen and oxygen atoms in total. The number of halogens is 1. The molecule has 0 unspecified atom stereocenters. The van der Waals surface area contributed by atoms with Crippen molar-refractivity contribution < 1.29 is 18.5 Å². The fourth-order valence-corrected chi connectivity index (χ4v) is 3.38. The molecule has 1 N–H and O–H groups in total. The zero-order chi connectivity index (χ0) is 20.9. The Kier molecular flexibility index (Phi) is 5.78. The first kappa shape index (κ1) is 19.7. The molecule has 0 radical (unpaired) electrons. The maximum absolute atomic E-state index is 13.4. The second kappa shape index (κ2) is 8.81. The lowest BCUT2D eigenvalue weighted by atomic mass is 9.96. The Hall–Kier alpha value is -3.62. The minimum absolute atomic E-state index is 0.0404. The summed E-state index contributed by atoms with van der Waals surface area (Å²) in [5.74, 6) is -0.245. The van der Waals surface area contributed by atoms with Gasteiger partial charge in [0.1, 0.15) is 5.82 Å². The number of amides is 2. The molecule has 0 bridgehead atoms. The van der Waals surface area contributed by atoms with Gasteiger partial charge in [-0.15, -0.1) is 0 Å². The van der Waals surface area contributed by atoms with E-state index in [2.05, 4.69) is 20.4 Å². The Morgan fingerprint density at radius 2 is 2.20 bits per heavy atom. The van der Waals surface area contributed by atoms with Gasteiger partial charge in [0.2, 0.25) is 23.5 Å². The monoisotopic (exact) mass is 409 g/mol. The first-order valence-electron chi connectivity index (χ1n) is 9.61. The van der Waals surface area contributed by atoms with Gasteiger partial charge in [-0.25, -0.2) is 4.39 Å². The van der Waals surface area contributed by atoms with Crippen LogP contribution in [0.15, 0.2) is 53.3 Å². The number of hydrogen-bond acceptors (Lipinski definition) is 6. The molecule has 154 valence electrons. The molecule has 1 aliphatic rings. The highest BCUT2D eigenvalue weighted by atomic mass is 19.1. The third-order valence-electron chi connectivity index (χ3n) is 4.94. The van der Waals surface area contributed by atoms with Crippen LogP contribution < -0.4 is 5.32 Å². The molecule has 1 atom stereocenters. The van der Waals surface area contributed by atoms with Crippen LogP contribution in [0.5, 0.6) is 0 Å². The second-order valence-corrected chi connectivity index (χ2v) is 7.11. The number of hydrogen-bond donors (Lipinski definition) is 1. The topological polar surface area (TPSA) is 101 Å². The summed E-state index contributed by atoms with van der Waals surface area (Å²) in [6.45, 7) is 0.658. The standard InChI is InChI=1S/C21H20FN5O3/c22-17-5-1-3-14(9-17)12-27-13-16(6-7-19(27)28)21(29)24-11-18-25-20(26-30-18)15-4-2-8-23-10-15/h1-5,8-10,16H,6-7,11-13H2,(H,24,29)/t16-/m0/s1. The number of rotatable bonds is 6. The van der Waals surface area contributed by atoms with Gasteiger partial charge in [-0.2, -0.15) is 4.98 Å². The molecule has 4 rings (SSSR count). The summed E-state index contributed by atoms with van der Waals surface area (Å²) in [6, 6.07) is 9.70. The van der Waals surface area contributed by atoms with E-state index in [4.69, 9.17) is 4.52 Å². The highest BCUT2D eigenvalue weighted by Gasteiger charge is 2.30. The number of carbonyl (C=O) groups excluding carboxylic acids is 2. The fourth-order valence-electron chi connectivity index (χ4n) is 3.38. The highest BCUT2D eigenvalue weighted by Crippen LogP contribution is 2.21. The largest absolute Gasteiger partial charge is 0.347 e. The third kappa shape index (κ3) is 4.68. The van der Waals surface area contributed by atoms with Gasteiger partial charge >= 0.3 is 0 Å². The van der Waals surface area contributed by atoms with Crippen LogP contribution in [-0.4, -0.2) is 38.4 Å². The number of carbonyl (C=O) groups is 2. The van der Waals surface area contributed by atoms with Crippen LogP contribution in [0.2, 0.25) is 0 Å². The molecule has 30 heavy (non-hydrogen) atoms. The first-order chi connectivity index (χ1) is 14.6. The minimum atomic E-state index is -0.350. The average molecular weight is 409 g/mol. The van der Waals surface area contributed by atoms with E-state index in [9.17, 15) is 14.0 Å². The fraction of sp³-hybridized carbons (Fsp3) is 0.286. The third-order valence-corrected chi connectivity index (χ3v) is 4.94. The SMILES string of the molecule is O=C(NCc1nc(-c2cccnc2)no1)[C@H]1CCC(=O)N(Cc2cccc(F)c2)C1. The van der Waals surface area contributed by atoms with Gasteiger partial charge in [0.15, 0.2) is 0 Å². The lowest BCUT2D eigenvalue weighted by molar-refractivity contribution is -0.139. The molecule has 1 aromatic carbocycles. The molecule has 1 aliphatic heterocycles. The van der Waals surface area contributed by atoms with Gasteiger partial charge in [0, 0.05) is 37.5 Å². The number of aromatic nitrogens is 3. The van der Waals surface area contributed by atoms with Crippen molar-refractivity contribution in [3.05, 3.63) is 66.1 Å². The molecule has 1 fully saturated rings. The van der Waals surface area contributed by atoms with Crippen molar-refractivity contribution in [2.75, 3.05) is 6.54 Å². The van der Waals surface area contributed by atoms with E-state index < -0.39 is 0 Å². The Morgan fingerprint density at radius 3 is 3.00 bits per heavy atom. The van der Waals surface area contributed by atoms with Crippen LogP contribution in [0.3, 0.4) is 0 Å². The Bertz CT molecular complexity index is 1040. The molecule has 3 heterocycles. The lowest BCUT2D eigenvalue weighted by Crippen LogP contribution is -2.45. The van der Waals surface area contributed by atoms with Crippen LogP contribution in [0.4, 0.5) is 4.39 Å². The van der Waals surface area contributed by atoms with Crippen LogP contribution in [0.25, 0.3) is 11.4 Å². The highest BCUT2D eigenvalue weighted by molar-refractivity contribution is 5.83. The summed E-state index contributed by atoms with van der Waals surface area (Å²) in [7, 11) is 0. The Balaban J connectivity index is 1.33. The molecule has 9 heteroatoms. The van der Waals surface area contributed by atoms with Gasteiger partial charge in [-0.05, 0) is 36.2 Å². The van der Waals surface area contributed by atoms with Crippen molar-refractivity contribution in [3.63, 3.8) is 0 Å². The molecule has 0 spiro atoms. The van der Waals surface area contributed by atoms with Gasteiger partial charge in [0.25, 0.3) is 0 Å². The normalized spacial score (nSPS) is 16.5. The molecule has 2 aromatic heterocycles. The van der Waals surface area contributed by atoms with Crippen LogP contribution in [-0.2, 0) is 22.7 Å². The maximum atomic E-state index is 13.4. The molecule has 0 aliphatic carbocycles. The van der Waals surface area contributed by atoms with Crippen molar-refractivity contribution in [2.24, 2.45) is 5.92 Å². The van der Waals surface area contributed by atoms with E-state index in [0.717, 1.165) is 5.56 Å². The molecule has 0 saturated carbocycles. The molecular weight excluding hydrogens is 389 g/mol. The quantitative estimate of drug-likeness (QED) is 0.671. The Morgan fingerprint density at radius 1 is 1.30 bits per heavy atom. The van der Waals surface area contributed by atoms with E-state index >= 15 is 0 Å². The zero-order valence-corrected chi connectivity index (χ0v) is 16.1. The molecular formula is C21H20FN5O3. The number of likely N-dealkylation sites (tertiary alicyclic amines) is 1. The number of nitrogens with one attached hydrogen (secondary N) is 1. The van der Waals surface area contributed by atoms with E-state index in [0.29, 0.717) is 17.8 Å². The van der Waals surface area contributed by atoms with Gasteiger partial charge in [0.05, 0.1) is 12.5 Å². The van der Waals surface area contributed by atoms with E-state index in [1.807, 2.05) is 6.07 Å². The van der Waals surface area contributed by atoms with Crippen molar-refractivity contribution in [1.82, 2.24) is 25.3 Å². The summed E-state index contributed by atoms with van der Waals surface area (Å²) in [5.41, 5.74) is 1.41. The number of benzene rings is 1. The summed E-state index contributed by atoms with van der Waals surface area (Å²) < 4.78 is 18.6. The van der Waals surface area contributed by atoms with Crippen molar-refractivity contribution >= 4 is 11.8 Å².